The summed E-state index contributed by atoms with van der Waals surface area (Å²) in [6.45, 7) is 0.281. The number of furan rings is 1. The number of pyridine rings is 1. The van der Waals surface area contributed by atoms with Crippen molar-refractivity contribution in [3.63, 3.8) is 0 Å². The number of hydrogen-bond acceptors (Lipinski definition) is 6. The van der Waals surface area contributed by atoms with Gasteiger partial charge in [0.2, 0.25) is 0 Å². The van der Waals surface area contributed by atoms with Crippen molar-refractivity contribution in [3.05, 3.63) is 83.7 Å². The van der Waals surface area contributed by atoms with Crippen LogP contribution in [0.5, 0.6) is 11.5 Å². The van der Waals surface area contributed by atoms with Crippen molar-refractivity contribution in [1.82, 2.24) is 15.6 Å². The van der Waals surface area contributed by atoms with Crippen molar-refractivity contribution in [2.24, 2.45) is 0 Å². The van der Waals surface area contributed by atoms with Crippen molar-refractivity contribution >= 4 is 17.9 Å². The fraction of sp³-hybridized carbons (Fsp3) is 0.136. The largest absolute Gasteiger partial charge is 0.493 e. The quantitative estimate of drug-likeness (QED) is 0.557. The van der Waals surface area contributed by atoms with Gasteiger partial charge in [-0.3, -0.25) is 14.6 Å². The maximum atomic E-state index is 12.8. The van der Waals surface area contributed by atoms with Crippen LogP contribution >= 0.6 is 0 Å². The van der Waals surface area contributed by atoms with Gasteiger partial charge in [-0.15, -0.1) is 0 Å². The standard InChI is InChI=1S/C22H21N3O5/c1-28-19-6-5-16(12-20(19)29-2)21(26)25-18(13-17-4-3-11-30-17)22(27)24-14-15-7-9-23-10-8-15/h3-13H,14H2,1-2H3,(H,24,27)(H,25,26)/b18-13-. The third-order valence-electron chi connectivity index (χ3n) is 4.17. The van der Waals surface area contributed by atoms with Gasteiger partial charge >= 0.3 is 0 Å². The number of carbonyl (C=O) groups is 2. The molecule has 2 heterocycles. The van der Waals surface area contributed by atoms with E-state index in [-0.39, 0.29) is 12.2 Å². The zero-order valence-electron chi connectivity index (χ0n) is 16.5. The minimum absolute atomic E-state index is 0.0405. The lowest BCUT2D eigenvalue weighted by atomic mass is 10.1. The predicted molar refractivity (Wildman–Crippen MR) is 110 cm³/mol. The molecule has 0 saturated heterocycles. The maximum absolute atomic E-state index is 12.8. The van der Waals surface area contributed by atoms with Crippen LogP contribution in [0, 0.1) is 0 Å². The average molecular weight is 407 g/mol. The van der Waals surface area contributed by atoms with Crippen LogP contribution in [0.3, 0.4) is 0 Å². The van der Waals surface area contributed by atoms with Crippen LogP contribution in [-0.2, 0) is 11.3 Å². The second kappa shape index (κ2) is 9.92. The topological polar surface area (TPSA) is 103 Å². The van der Waals surface area contributed by atoms with Gasteiger partial charge in [0.15, 0.2) is 11.5 Å². The summed E-state index contributed by atoms with van der Waals surface area (Å²) in [4.78, 5) is 29.4. The molecule has 0 aliphatic carbocycles. The van der Waals surface area contributed by atoms with Crippen molar-refractivity contribution < 1.29 is 23.5 Å². The summed E-state index contributed by atoms with van der Waals surface area (Å²) in [5.41, 5.74) is 1.22. The van der Waals surface area contributed by atoms with Crippen LogP contribution in [0.25, 0.3) is 6.08 Å². The Morgan fingerprint density at radius 1 is 1.07 bits per heavy atom. The Balaban J connectivity index is 1.79. The van der Waals surface area contributed by atoms with E-state index in [1.807, 2.05) is 0 Å². The van der Waals surface area contributed by atoms with E-state index in [1.54, 1.807) is 48.8 Å². The molecule has 0 atom stereocenters. The summed E-state index contributed by atoms with van der Waals surface area (Å²) >= 11 is 0. The van der Waals surface area contributed by atoms with Gasteiger partial charge in [-0.05, 0) is 48.0 Å². The van der Waals surface area contributed by atoms with Gasteiger partial charge in [0.25, 0.3) is 11.8 Å². The van der Waals surface area contributed by atoms with Crippen molar-refractivity contribution in [1.29, 1.82) is 0 Å². The van der Waals surface area contributed by atoms with E-state index in [1.165, 1.54) is 32.6 Å². The van der Waals surface area contributed by atoms with Crippen LogP contribution in [-0.4, -0.2) is 31.0 Å². The Morgan fingerprint density at radius 2 is 1.83 bits per heavy atom. The average Bonchev–Trinajstić information content (AvgIpc) is 3.30. The SMILES string of the molecule is COc1ccc(C(=O)N/C(=C\c2ccco2)C(=O)NCc2ccncc2)cc1OC. The molecule has 0 bridgehead atoms. The fourth-order valence-electron chi connectivity index (χ4n) is 2.62. The van der Waals surface area contributed by atoms with Crippen molar-refractivity contribution in [2.75, 3.05) is 14.2 Å². The van der Waals surface area contributed by atoms with Gasteiger partial charge in [-0.2, -0.15) is 0 Å². The molecular weight excluding hydrogens is 386 g/mol. The van der Waals surface area contributed by atoms with Gasteiger partial charge in [0.1, 0.15) is 11.5 Å². The van der Waals surface area contributed by atoms with E-state index in [4.69, 9.17) is 13.9 Å². The number of hydrogen-bond donors (Lipinski definition) is 2. The Labute approximate surface area is 173 Å². The zero-order chi connectivity index (χ0) is 21.3. The lowest BCUT2D eigenvalue weighted by Crippen LogP contribution is -2.34. The summed E-state index contributed by atoms with van der Waals surface area (Å²) in [5.74, 6) is 0.390. The Bertz CT molecular complexity index is 1030. The minimum Gasteiger partial charge on any atom is -0.493 e. The number of aromatic nitrogens is 1. The molecule has 2 N–H and O–H groups in total. The second-order valence-electron chi connectivity index (χ2n) is 6.14. The van der Waals surface area contributed by atoms with Gasteiger partial charge < -0.3 is 24.5 Å². The van der Waals surface area contributed by atoms with Crippen LogP contribution in [0.2, 0.25) is 0 Å². The number of rotatable bonds is 8. The molecule has 30 heavy (non-hydrogen) atoms. The van der Waals surface area contributed by atoms with Crippen molar-refractivity contribution in [2.45, 2.75) is 6.54 Å². The highest BCUT2D eigenvalue weighted by Crippen LogP contribution is 2.27. The molecule has 2 amide bonds. The van der Waals surface area contributed by atoms with E-state index in [9.17, 15) is 9.59 Å². The molecule has 0 radical (unpaired) electrons. The van der Waals surface area contributed by atoms with E-state index in [0.717, 1.165) is 5.56 Å². The molecule has 3 aromatic rings. The first-order valence-electron chi connectivity index (χ1n) is 9.06. The van der Waals surface area contributed by atoms with E-state index < -0.39 is 11.8 Å². The van der Waals surface area contributed by atoms with Crippen LogP contribution < -0.4 is 20.1 Å². The number of methoxy groups -OCH3 is 2. The summed E-state index contributed by atoms with van der Waals surface area (Å²) < 4.78 is 15.7. The summed E-state index contributed by atoms with van der Waals surface area (Å²) in [5, 5.41) is 5.41. The van der Waals surface area contributed by atoms with Crippen molar-refractivity contribution in [3.8, 4) is 11.5 Å². The molecule has 8 nitrogen and oxygen atoms in total. The molecule has 0 aliphatic rings. The summed E-state index contributed by atoms with van der Waals surface area (Å²) in [7, 11) is 2.99. The smallest absolute Gasteiger partial charge is 0.268 e. The fourth-order valence-corrected chi connectivity index (χ4v) is 2.62. The molecule has 0 spiro atoms. The molecule has 154 valence electrons. The third-order valence-corrected chi connectivity index (χ3v) is 4.17. The lowest BCUT2D eigenvalue weighted by molar-refractivity contribution is -0.117. The molecule has 8 heteroatoms. The molecule has 0 aliphatic heterocycles. The number of carbonyl (C=O) groups excluding carboxylic acids is 2. The number of amides is 2. The number of ether oxygens (including phenoxy) is 2. The first kappa shape index (κ1) is 20.7. The van der Waals surface area contributed by atoms with Crippen LogP contribution in [0.4, 0.5) is 0 Å². The summed E-state index contributed by atoms with van der Waals surface area (Å²) in [6, 6.07) is 11.7. The molecular formula is C22H21N3O5. The highest BCUT2D eigenvalue weighted by molar-refractivity contribution is 6.05. The number of nitrogens with zero attached hydrogens (tertiary/aromatic N) is 1. The minimum atomic E-state index is -0.479. The van der Waals surface area contributed by atoms with E-state index >= 15 is 0 Å². The third kappa shape index (κ3) is 5.26. The molecule has 2 aromatic heterocycles. The number of benzene rings is 1. The Morgan fingerprint density at radius 3 is 2.50 bits per heavy atom. The lowest BCUT2D eigenvalue weighted by Gasteiger charge is -2.12. The Kier molecular flexibility index (Phi) is 6.83. The van der Waals surface area contributed by atoms with Gasteiger partial charge in [-0.1, -0.05) is 0 Å². The molecule has 3 rings (SSSR count). The van der Waals surface area contributed by atoms with Gasteiger partial charge in [0.05, 0.1) is 20.5 Å². The maximum Gasteiger partial charge on any atom is 0.268 e. The van der Waals surface area contributed by atoms with Gasteiger partial charge in [-0.25, -0.2) is 0 Å². The first-order chi connectivity index (χ1) is 14.6. The van der Waals surface area contributed by atoms with Crippen LogP contribution in [0.15, 0.2) is 71.2 Å². The molecule has 1 aromatic carbocycles. The molecule has 0 saturated carbocycles. The normalized spacial score (nSPS) is 10.9. The second-order valence-corrected chi connectivity index (χ2v) is 6.14. The Hall–Kier alpha value is -4.07. The molecule has 0 fully saturated rings. The highest BCUT2D eigenvalue weighted by atomic mass is 16.5. The monoisotopic (exact) mass is 407 g/mol. The number of nitrogens with one attached hydrogen (secondary N) is 2. The highest BCUT2D eigenvalue weighted by Gasteiger charge is 2.17. The van der Waals surface area contributed by atoms with E-state index in [2.05, 4.69) is 15.6 Å². The van der Waals surface area contributed by atoms with Crippen LogP contribution in [0.1, 0.15) is 21.7 Å². The molecule has 0 unspecified atom stereocenters. The zero-order valence-corrected chi connectivity index (χ0v) is 16.5. The predicted octanol–water partition coefficient (Wildman–Crippen LogP) is 2.78. The summed E-state index contributed by atoms with van der Waals surface area (Å²) in [6.07, 6.45) is 6.22. The van der Waals surface area contributed by atoms with Gasteiger partial charge in [0, 0.05) is 30.6 Å². The van der Waals surface area contributed by atoms with E-state index in [0.29, 0.717) is 22.8 Å². The first-order valence-corrected chi connectivity index (χ1v) is 9.06.